The third-order valence-corrected chi connectivity index (χ3v) is 3.34. The molecule has 2 aromatic carbocycles. The van der Waals surface area contributed by atoms with Gasteiger partial charge in [0.25, 0.3) is 5.91 Å². The van der Waals surface area contributed by atoms with Crippen LogP contribution in [0.15, 0.2) is 30.3 Å². The highest BCUT2D eigenvalue weighted by molar-refractivity contribution is 6.34. The Labute approximate surface area is 127 Å². The SMILES string of the molecule is COc1ccc(Nc2c(Cl)cc(N)cc2C(N)=O)cc1C. The van der Waals surface area contributed by atoms with Crippen molar-refractivity contribution >= 4 is 34.6 Å². The van der Waals surface area contributed by atoms with Crippen molar-refractivity contribution in [3.05, 3.63) is 46.5 Å². The number of hydrogen-bond donors (Lipinski definition) is 3. The van der Waals surface area contributed by atoms with Crippen LogP contribution in [-0.4, -0.2) is 13.0 Å². The zero-order chi connectivity index (χ0) is 15.6. The second-order valence-electron chi connectivity index (χ2n) is 4.60. The molecule has 0 radical (unpaired) electrons. The molecule has 0 aliphatic rings. The molecule has 0 aliphatic heterocycles. The van der Waals surface area contributed by atoms with E-state index < -0.39 is 5.91 Å². The summed E-state index contributed by atoms with van der Waals surface area (Å²) >= 11 is 6.15. The van der Waals surface area contributed by atoms with Gasteiger partial charge in [-0.25, -0.2) is 0 Å². The van der Waals surface area contributed by atoms with Crippen LogP contribution in [0.4, 0.5) is 17.1 Å². The maximum Gasteiger partial charge on any atom is 0.250 e. The van der Waals surface area contributed by atoms with Gasteiger partial charge in [0.1, 0.15) is 5.75 Å². The predicted molar refractivity (Wildman–Crippen MR) is 85.4 cm³/mol. The van der Waals surface area contributed by atoms with E-state index in [0.717, 1.165) is 17.0 Å². The van der Waals surface area contributed by atoms with Crippen molar-refractivity contribution in [3.63, 3.8) is 0 Å². The molecule has 2 aromatic rings. The van der Waals surface area contributed by atoms with Crippen LogP contribution in [0.2, 0.25) is 5.02 Å². The molecule has 0 unspecified atom stereocenters. The maximum absolute atomic E-state index is 11.5. The van der Waals surface area contributed by atoms with Crippen LogP contribution < -0.4 is 21.5 Å². The number of nitrogens with one attached hydrogen (secondary N) is 1. The van der Waals surface area contributed by atoms with E-state index in [2.05, 4.69) is 5.32 Å². The standard InChI is InChI=1S/C15H16ClN3O2/c1-8-5-10(3-4-13(8)21-2)19-14-11(15(18)20)6-9(17)7-12(14)16/h3-7,19H,17H2,1-2H3,(H2,18,20). The van der Waals surface area contributed by atoms with Crippen LogP contribution >= 0.6 is 11.6 Å². The van der Waals surface area contributed by atoms with E-state index in [1.165, 1.54) is 6.07 Å². The minimum absolute atomic E-state index is 0.244. The van der Waals surface area contributed by atoms with Crippen molar-refractivity contribution in [3.8, 4) is 5.75 Å². The van der Waals surface area contributed by atoms with Gasteiger partial charge in [-0.2, -0.15) is 0 Å². The van der Waals surface area contributed by atoms with Crippen LogP contribution in [0.3, 0.4) is 0 Å². The Morgan fingerprint density at radius 1 is 1.29 bits per heavy atom. The van der Waals surface area contributed by atoms with Crippen molar-refractivity contribution in [2.24, 2.45) is 5.73 Å². The largest absolute Gasteiger partial charge is 0.496 e. The Morgan fingerprint density at radius 3 is 2.57 bits per heavy atom. The number of anilines is 3. The molecule has 0 heterocycles. The number of primary amides is 1. The topological polar surface area (TPSA) is 90.4 Å². The number of rotatable bonds is 4. The van der Waals surface area contributed by atoms with E-state index in [4.69, 9.17) is 27.8 Å². The third kappa shape index (κ3) is 3.20. The third-order valence-electron chi connectivity index (χ3n) is 3.04. The summed E-state index contributed by atoms with van der Waals surface area (Å²) in [6, 6.07) is 8.59. The van der Waals surface area contributed by atoms with Gasteiger partial charge in [-0.05, 0) is 42.8 Å². The number of aryl methyl sites for hydroxylation is 1. The van der Waals surface area contributed by atoms with Gasteiger partial charge in [0.2, 0.25) is 0 Å². The van der Waals surface area contributed by atoms with Gasteiger partial charge in [0.15, 0.2) is 0 Å². The molecule has 0 aliphatic carbocycles. The molecule has 6 heteroatoms. The fraction of sp³-hybridized carbons (Fsp3) is 0.133. The number of carbonyl (C=O) groups excluding carboxylic acids is 1. The summed E-state index contributed by atoms with van der Waals surface area (Å²) in [5.41, 5.74) is 13.8. The normalized spacial score (nSPS) is 10.2. The molecule has 5 N–H and O–H groups in total. The van der Waals surface area contributed by atoms with E-state index in [1.807, 2.05) is 25.1 Å². The van der Waals surface area contributed by atoms with Gasteiger partial charge in [0, 0.05) is 11.4 Å². The molecule has 21 heavy (non-hydrogen) atoms. The van der Waals surface area contributed by atoms with Crippen molar-refractivity contribution < 1.29 is 9.53 Å². The lowest BCUT2D eigenvalue weighted by Gasteiger charge is -2.14. The van der Waals surface area contributed by atoms with E-state index in [-0.39, 0.29) is 5.56 Å². The smallest absolute Gasteiger partial charge is 0.250 e. The molecule has 2 rings (SSSR count). The molecule has 0 saturated heterocycles. The Bertz CT molecular complexity index is 702. The molecule has 0 aromatic heterocycles. The van der Waals surface area contributed by atoms with Crippen LogP contribution in [0.5, 0.6) is 5.75 Å². The van der Waals surface area contributed by atoms with Gasteiger partial charge >= 0.3 is 0 Å². The predicted octanol–water partition coefficient (Wildman–Crippen LogP) is 3.08. The number of nitrogen functional groups attached to an aromatic ring is 1. The highest BCUT2D eigenvalue weighted by Crippen LogP contribution is 2.32. The van der Waals surface area contributed by atoms with E-state index >= 15 is 0 Å². The molecule has 110 valence electrons. The van der Waals surface area contributed by atoms with Crippen molar-refractivity contribution in [1.82, 2.24) is 0 Å². The monoisotopic (exact) mass is 305 g/mol. The summed E-state index contributed by atoms with van der Waals surface area (Å²) in [5.74, 6) is 0.177. The average molecular weight is 306 g/mol. The number of ether oxygens (including phenoxy) is 1. The second-order valence-corrected chi connectivity index (χ2v) is 5.01. The highest BCUT2D eigenvalue weighted by Gasteiger charge is 2.14. The van der Waals surface area contributed by atoms with Gasteiger partial charge in [-0.1, -0.05) is 11.6 Å². The Hall–Kier alpha value is -2.40. The zero-order valence-corrected chi connectivity index (χ0v) is 12.5. The molecule has 1 amide bonds. The average Bonchev–Trinajstić information content (AvgIpc) is 2.41. The first-order valence-corrected chi connectivity index (χ1v) is 6.60. The first-order valence-electron chi connectivity index (χ1n) is 6.23. The number of hydrogen-bond acceptors (Lipinski definition) is 4. The van der Waals surface area contributed by atoms with Gasteiger partial charge in [0.05, 0.1) is 23.4 Å². The number of nitrogens with two attached hydrogens (primary N) is 2. The summed E-state index contributed by atoms with van der Waals surface area (Å²) in [7, 11) is 1.61. The molecule has 0 spiro atoms. The van der Waals surface area contributed by atoms with Crippen LogP contribution in [0.1, 0.15) is 15.9 Å². The summed E-state index contributed by atoms with van der Waals surface area (Å²) in [4.78, 5) is 11.5. The van der Waals surface area contributed by atoms with Crippen molar-refractivity contribution in [1.29, 1.82) is 0 Å². The molecular formula is C15H16ClN3O2. The molecular weight excluding hydrogens is 290 g/mol. The summed E-state index contributed by atoms with van der Waals surface area (Å²) in [5, 5.41) is 3.43. The summed E-state index contributed by atoms with van der Waals surface area (Å²) in [6.07, 6.45) is 0. The summed E-state index contributed by atoms with van der Waals surface area (Å²) < 4.78 is 5.21. The number of halogens is 1. The minimum atomic E-state index is -0.600. The molecule has 0 saturated carbocycles. The Balaban J connectivity index is 2.44. The first-order chi connectivity index (χ1) is 9.92. The fourth-order valence-corrected chi connectivity index (χ4v) is 2.32. The summed E-state index contributed by atoms with van der Waals surface area (Å²) in [6.45, 7) is 1.92. The number of benzene rings is 2. The van der Waals surface area contributed by atoms with Gasteiger partial charge in [-0.15, -0.1) is 0 Å². The van der Waals surface area contributed by atoms with E-state index in [1.54, 1.807) is 13.2 Å². The van der Waals surface area contributed by atoms with E-state index in [9.17, 15) is 4.79 Å². The minimum Gasteiger partial charge on any atom is -0.496 e. The lowest BCUT2D eigenvalue weighted by molar-refractivity contribution is 0.100. The number of methoxy groups -OCH3 is 1. The Kier molecular flexibility index (Phi) is 4.23. The first kappa shape index (κ1) is 15.0. The van der Waals surface area contributed by atoms with Crippen LogP contribution in [0.25, 0.3) is 0 Å². The second kappa shape index (κ2) is 5.93. The van der Waals surface area contributed by atoms with Gasteiger partial charge in [-0.3, -0.25) is 4.79 Å². The molecule has 0 fully saturated rings. The maximum atomic E-state index is 11.5. The van der Waals surface area contributed by atoms with Crippen molar-refractivity contribution in [2.45, 2.75) is 6.92 Å². The molecule has 0 atom stereocenters. The molecule has 0 bridgehead atoms. The van der Waals surface area contributed by atoms with Crippen LogP contribution in [0, 0.1) is 6.92 Å². The highest BCUT2D eigenvalue weighted by atomic mass is 35.5. The number of amides is 1. The quantitative estimate of drug-likeness (QED) is 0.757. The number of carbonyl (C=O) groups is 1. The van der Waals surface area contributed by atoms with Gasteiger partial charge < -0.3 is 21.5 Å². The zero-order valence-electron chi connectivity index (χ0n) is 11.7. The van der Waals surface area contributed by atoms with E-state index in [0.29, 0.717) is 16.4 Å². The van der Waals surface area contributed by atoms with Crippen LogP contribution in [-0.2, 0) is 0 Å². The molecule has 5 nitrogen and oxygen atoms in total. The lowest BCUT2D eigenvalue weighted by Crippen LogP contribution is -2.14. The lowest BCUT2D eigenvalue weighted by atomic mass is 10.1. The fourth-order valence-electron chi connectivity index (χ4n) is 2.05. The van der Waals surface area contributed by atoms with Crippen molar-refractivity contribution in [2.75, 3.05) is 18.2 Å². The Morgan fingerprint density at radius 2 is 2.00 bits per heavy atom.